The third kappa shape index (κ3) is 1.97. The molecular weight excluding hydrogens is 272 g/mol. The van der Waals surface area contributed by atoms with E-state index >= 15 is 0 Å². The van der Waals surface area contributed by atoms with Crippen LogP contribution < -0.4 is 0 Å². The van der Waals surface area contributed by atoms with Crippen molar-refractivity contribution in [1.82, 2.24) is 0 Å². The van der Waals surface area contributed by atoms with E-state index in [1.54, 1.807) is 0 Å². The second kappa shape index (κ2) is 4.78. The van der Waals surface area contributed by atoms with E-state index in [0.717, 1.165) is 16.3 Å². The maximum Gasteiger partial charge on any atom is 0.186 e. The lowest BCUT2D eigenvalue weighted by atomic mass is 9.93. The molecule has 0 spiro atoms. The summed E-state index contributed by atoms with van der Waals surface area (Å²) in [6.07, 6.45) is 4.05. The van der Waals surface area contributed by atoms with Crippen molar-refractivity contribution in [2.24, 2.45) is 0 Å². The van der Waals surface area contributed by atoms with Gasteiger partial charge in [0.15, 0.2) is 11.6 Å². The molecule has 0 saturated carbocycles. The first-order valence-electron chi connectivity index (χ1n) is 7.12. The van der Waals surface area contributed by atoms with Gasteiger partial charge in [-0.1, -0.05) is 48.5 Å². The number of allylic oxidation sites excluding steroid dienone is 4. The number of ketones is 2. The lowest BCUT2D eigenvalue weighted by molar-refractivity contribution is -0.113. The first kappa shape index (κ1) is 12.7. The van der Waals surface area contributed by atoms with Gasteiger partial charge in [-0.2, -0.15) is 0 Å². The summed E-state index contributed by atoms with van der Waals surface area (Å²) in [7, 11) is 0. The molecule has 2 nitrogen and oxygen atoms in total. The van der Waals surface area contributed by atoms with Crippen molar-refractivity contribution < 1.29 is 9.59 Å². The maximum absolute atomic E-state index is 12.0. The number of benzene rings is 3. The highest BCUT2D eigenvalue weighted by molar-refractivity contribution is 6.34. The van der Waals surface area contributed by atoms with Crippen LogP contribution in [-0.2, 0) is 9.59 Å². The molecule has 0 bridgehead atoms. The molecule has 3 aromatic rings. The molecule has 0 radical (unpaired) electrons. The fourth-order valence-electron chi connectivity index (χ4n) is 2.92. The zero-order valence-electron chi connectivity index (χ0n) is 11.7. The monoisotopic (exact) mass is 284 g/mol. The van der Waals surface area contributed by atoms with Crippen molar-refractivity contribution in [3.63, 3.8) is 0 Å². The molecule has 0 aliphatic heterocycles. The molecule has 104 valence electrons. The van der Waals surface area contributed by atoms with Crippen molar-refractivity contribution in [2.75, 3.05) is 0 Å². The SMILES string of the molecule is O=C1C=CC(=O)C(c2ccc3c(ccc4ccccc43)c2)=C1. The van der Waals surface area contributed by atoms with Gasteiger partial charge < -0.3 is 0 Å². The van der Waals surface area contributed by atoms with E-state index in [9.17, 15) is 9.59 Å². The van der Waals surface area contributed by atoms with Crippen LogP contribution in [0.25, 0.3) is 27.1 Å². The molecule has 1 aliphatic carbocycles. The van der Waals surface area contributed by atoms with Gasteiger partial charge >= 0.3 is 0 Å². The van der Waals surface area contributed by atoms with Gasteiger partial charge in [-0.25, -0.2) is 0 Å². The maximum atomic E-state index is 12.0. The second-order valence-corrected chi connectivity index (χ2v) is 5.38. The topological polar surface area (TPSA) is 34.1 Å². The second-order valence-electron chi connectivity index (χ2n) is 5.38. The zero-order valence-corrected chi connectivity index (χ0v) is 11.7. The predicted octanol–water partition coefficient (Wildman–Crippen LogP) is 4.08. The Kier molecular flexibility index (Phi) is 2.76. The normalized spacial score (nSPS) is 14.6. The zero-order chi connectivity index (χ0) is 15.1. The van der Waals surface area contributed by atoms with Crippen LogP contribution in [0.4, 0.5) is 0 Å². The summed E-state index contributed by atoms with van der Waals surface area (Å²) >= 11 is 0. The van der Waals surface area contributed by atoms with Gasteiger partial charge in [0, 0.05) is 5.57 Å². The van der Waals surface area contributed by atoms with E-state index in [0.29, 0.717) is 5.57 Å². The van der Waals surface area contributed by atoms with Crippen LogP contribution in [0, 0.1) is 0 Å². The fraction of sp³-hybridized carbons (Fsp3) is 0. The van der Waals surface area contributed by atoms with Gasteiger partial charge in [0.25, 0.3) is 0 Å². The van der Waals surface area contributed by atoms with E-state index < -0.39 is 0 Å². The highest BCUT2D eigenvalue weighted by Gasteiger charge is 2.15. The standard InChI is InChI=1S/C20H12O2/c21-16-8-10-20(22)19(12-16)15-7-9-18-14(11-15)6-5-13-3-1-2-4-17(13)18/h1-12H. The average Bonchev–Trinajstić information content (AvgIpc) is 2.56. The number of hydrogen-bond donors (Lipinski definition) is 0. The summed E-state index contributed by atoms with van der Waals surface area (Å²) < 4.78 is 0. The molecule has 0 fully saturated rings. The van der Waals surface area contributed by atoms with Crippen molar-refractivity contribution in [2.45, 2.75) is 0 Å². The molecule has 0 saturated heterocycles. The van der Waals surface area contributed by atoms with Crippen molar-refractivity contribution >= 4 is 38.7 Å². The summed E-state index contributed by atoms with van der Waals surface area (Å²) in [5.41, 5.74) is 1.24. The van der Waals surface area contributed by atoms with E-state index in [2.05, 4.69) is 18.2 Å². The summed E-state index contributed by atoms with van der Waals surface area (Å²) in [6.45, 7) is 0. The summed E-state index contributed by atoms with van der Waals surface area (Å²) in [5.74, 6) is -0.270. The minimum Gasteiger partial charge on any atom is -0.290 e. The van der Waals surface area contributed by atoms with Gasteiger partial charge in [0.05, 0.1) is 0 Å². The Labute approximate surface area is 127 Å². The molecule has 1 aliphatic rings. The lowest BCUT2D eigenvalue weighted by Crippen LogP contribution is -2.06. The van der Waals surface area contributed by atoms with Gasteiger partial charge in [-0.15, -0.1) is 0 Å². The average molecular weight is 284 g/mol. The number of carbonyl (C=O) groups is 2. The van der Waals surface area contributed by atoms with Crippen molar-refractivity contribution in [3.05, 3.63) is 78.4 Å². The number of carbonyl (C=O) groups excluding carboxylic acids is 2. The third-order valence-corrected chi connectivity index (χ3v) is 4.01. The summed E-state index contributed by atoms with van der Waals surface area (Å²) in [5, 5.41) is 4.58. The van der Waals surface area contributed by atoms with Crippen LogP contribution >= 0.6 is 0 Å². The highest BCUT2D eigenvalue weighted by atomic mass is 16.1. The highest BCUT2D eigenvalue weighted by Crippen LogP contribution is 2.29. The Balaban J connectivity index is 1.93. The first-order valence-corrected chi connectivity index (χ1v) is 7.12. The molecule has 22 heavy (non-hydrogen) atoms. The molecule has 0 N–H and O–H groups in total. The van der Waals surface area contributed by atoms with Crippen LogP contribution in [0.3, 0.4) is 0 Å². The fourth-order valence-corrected chi connectivity index (χ4v) is 2.92. The molecular formula is C20H12O2. The Hall–Kier alpha value is -3.00. The lowest BCUT2D eigenvalue weighted by Gasteiger charge is -2.10. The van der Waals surface area contributed by atoms with Gasteiger partial charge in [0.1, 0.15) is 0 Å². The summed E-state index contributed by atoms with van der Waals surface area (Å²) in [6, 6.07) is 18.2. The molecule has 4 rings (SSSR count). The van der Waals surface area contributed by atoms with Crippen LogP contribution in [0.2, 0.25) is 0 Å². The van der Waals surface area contributed by atoms with Crippen molar-refractivity contribution in [1.29, 1.82) is 0 Å². The Bertz CT molecular complexity index is 1010. The van der Waals surface area contributed by atoms with Gasteiger partial charge in [-0.3, -0.25) is 9.59 Å². The number of fused-ring (bicyclic) bond motifs is 3. The molecule has 3 aromatic carbocycles. The number of rotatable bonds is 1. The third-order valence-electron chi connectivity index (χ3n) is 4.01. The quantitative estimate of drug-likeness (QED) is 0.498. The van der Waals surface area contributed by atoms with E-state index in [1.165, 1.54) is 29.0 Å². The van der Waals surface area contributed by atoms with Crippen LogP contribution in [-0.4, -0.2) is 11.6 Å². The molecule has 0 heterocycles. The van der Waals surface area contributed by atoms with Gasteiger partial charge in [0.2, 0.25) is 0 Å². The van der Waals surface area contributed by atoms with Crippen LogP contribution in [0.1, 0.15) is 5.56 Å². The van der Waals surface area contributed by atoms with Gasteiger partial charge in [-0.05, 0) is 51.4 Å². The van der Waals surface area contributed by atoms with Crippen molar-refractivity contribution in [3.8, 4) is 0 Å². The largest absolute Gasteiger partial charge is 0.290 e. The minimum atomic E-state index is -0.145. The Morgan fingerprint density at radius 2 is 1.45 bits per heavy atom. The first-order chi connectivity index (χ1) is 10.7. The Morgan fingerprint density at radius 1 is 0.682 bits per heavy atom. The molecule has 2 heteroatoms. The smallest absolute Gasteiger partial charge is 0.186 e. The van der Waals surface area contributed by atoms with Crippen LogP contribution in [0.15, 0.2) is 72.8 Å². The van der Waals surface area contributed by atoms with E-state index in [1.807, 2.05) is 36.4 Å². The molecule has 0 amide bonds. The minimum absolute atomic E-state index is 0.125. The van der Waals surface area contributed by atoms with E-state index in [4.69, 9.17) is 0 Å². The Morgan fingerprint density at radius 3 is 2.36 bits per heavy atom. The van der Waals surface area contributed by atoms with E-state index in [-0.39, 0.29) is 11.6 Å². The molecule has 0 unspecified atom stereocenters. The van der Waals surface area contributed by atoms with Crippen LogP contribution in [0.5, 0.6) is 0 Å². The number of hydrogen-bond acceptors (Lipinski definition) is 2. The molecule has 0 atom stereocenters. The molecule has 0 aromatic heterocycles. The predicted molar refractivity (Wildman–Crippen MR) is 88.6 cm³/mol. The summed E-state index contributed by atoms with van der Waals surface area (Å²) in [4.78, 5) is 23.5.